The zero-order valence-electron chi connectivity index (χ0n) is 10.9. The van der Waals surface area contributed by atoms with Crippen molar-refractivity contribution in [2.75, 3.05) is 0 Å². The Kier molecular flexibility index (Phi) is 3.46. The molecule has 0 aliphatic rings. The van der Waals surface area contributed by atoms with Crippen molar-refractivity contribution < 1.29 is 14.6 Å². The molecular formula is C12H14N4O3. The molecule has 0 amide bonds. The van der Waals surface area contributed by atoms with Crippen LogP contribution in [-0.2, 0) is 13.7 Å². The van der Waals surface area contributed by atoms with Crippen molar-refractivity contribution in [2.45, 2.75) is 20.5 Å². The second-order valence-corrected chi connectivity index (χ2v) is 4.12. The molecule has 1 N–H and O–H groups in total. The smallest absolute Gasteiger partial charge is 0.358 e. The van der Waals surface area contributed by atoms with Crippen molar-refractivity contribution in [3.63, 3.8) is 0 Å². The number of carboxylic acids is 1. The first kappa shape index (κ1) is 13.0. The fourth-order valence-electron chi connectivity index (χ4n) is 1.53. The molecule has 0 unspecified atom stereocenters. The van der Waals surface area contributed by atoms with E-state index >= 15 is 0 Å². The molecule has 0 atom stereocenters. The number of nitrogens with zero attached hydrogens (tertiary/aromatic N) is 4. The second-order valence-electron chi connectivity index (χ2n) is 4.12. The van der Waals surface area contributed by atoms with E-state index in [0.29, 0.717) is 11.5 Å². The molecule has 7 heteroatoms. The van der Waals surface area contributed by atoms with E-state index in [1.807, 2.05) is 14.0 Å². The molecule has 100 valence electrons. The van der Waals surface area contributed by atoms with Crippen LogP contribution in [0.2, 0.25) is 0 Å². The number of rotatable bonds is 4. The molecule has 0 spiro atoms. The molecule has 7 nitrogen and oxygen atoms in total. The summed E-state index contributed by atoms with van der Waals surface area (Å²) >= 11 is 0. The van der Waals surface area contributed by atoms with Crippen LogP contribution in [-0.4, -0.2) is 30.8 Å². The lowest BCUT2D eigenvalue weighted by molar-refractivity contribution is 0.0684. The molecule has 0 aliphatic carbocycles. The summed E-state index contributed by atoms with van der Waals surface area (Å²) in [4.78, 5) is 15.0. The Morgan fingerprint density at radius 3 is 2.68 bits per heavy atom. The van der Waals surface area contributed by atoms with Gasteiger partial charge < -0.3 is 14.4 Å². The van der Waals surface area contributed by atoms with Crippen LogP contribution in [0.25, 0.3) is 0 Å². The molecule has 2 aromatic heterocycles. The van der Waals surface area contributed by atoms with E-state index in [-0.39, 0.29) is 18.1 Å². The van der Waals surface area contributed by atoms with Crippen molar-refractivity contribution in [1.82, 2.24) is 19.7 Å². The third kappa shape index (κ3) is 2.70. The molecule has 0 bridgehead atoms. The molecule has 2 heterocycles. The summed E-state index contributed by atoms with van der Waals surface area (Å²) in [6, 6.07) is 3.29. The highest BCUT2D eigenvalue weighted by atomic mass is 16.5. The third-order valence-electron chi connectivity index (χ3n) is 2.74. The molecule has 2 rings (SSSR count). The first-order valence-corrected chi connectivity index (χ1v) is 5.67. The van der Waals surface area contributed by atoms with Gasteiger partial charge in [-0.2, -0.15) is 0 Å². The molecule has 0 saturated heterocycles. The third-order valence-corrected chi connectivity index (χ3v) is 2.74. The van der Waals surface area contributed by atoms with E-state index in [9.17, 15) is 4.79 Å². The number of aromatic carboxylic acids is 1. The molecule has 0 saturated carbocycles. The van der Waals surface area contributed by atoms with Crippen molar-refractivity contribution in [2.24, 2.45) is 7.05 Å². The summed E-state index contributed by atoms with van der Waals surface area (Å²) in [5, 5.41) is 16.9. The predicted octanol–water partition coefficient (Wildman–Crippen LogP) is 1.10. The molecule has 0 aromatic carbocycles. The second kappa shape index (κ2) is 5.05. The topological polar surface area (TPSA) is 90.1 Å². The van der Waals surface area contributed by atoms with Gasteiger partial charge in [0, 0.05) is 12.7 Å². The predicted molar refractivity (Wildman–Crippen MR) is 66.0 cm³/mol. The van der Waals surface area contributed by atoms with Crippen LogP contribution in [0.15, 0.2) is 12.1 Å². The normalized spacial score (nSPS) is 10.5. The number of ether oxygens (including phenoxy) is 1. The van der Waals surface area contributed by atoms with E-state index in [2.05, 4.69) is 15.2 Å². The van der Waals surface area contributed by atoms with Gasteiger partial charge in [-0.25, -0.2) is 9.78 Å². The monoisotopic (exact) mass is 262 g/mol. The van der Waals surface area contributed by atoms with Crippen LogP contribution in [0.3, 0.4) is 0 Å². The Morgan fingerprint density at radius 1 is 1.37 bits per heavy atom. The number of hydrogen-bond donors (Lipinski definition) is 1. The number of aromatic nitrogens is 4. The lowest BCUT2D eigenvalue weighted by atomic mass is 10.3. The molecular weight excluding hydrogens is 248 g/mol. The highest BCUT2D eigenvalue weighted by Gasteiger charge is 2.14. The van der Waals surface area contributed by atoms with Gasteiger partial charge in [0.2, 0.25) is 0 Å². The van der Waals surface area contributed by atoms with Crippen molar-refractivity contribution in [3.05, 3.63) is 35.2 Å². The van der Waals surface area contributed by atoms with E-state index in [1.54, 1.807) is 23.6 Å². The standard InChI is InChI=1S/C12H14N4O3/c1-7-4-5-9(11(13-7)12(17)18)19-6-10-15-14-8(2)16(10)3/h4-5H,6H2,1-3H3,(H,17,18). The maximum Gasteiger partial charge on any atom is 0.358 e. The average molecular weight is 262 g/mol. The van der Waals surface area contributed by atoms with Gasteiger partial charge in [0.1, 0.15) is 12.4 Å². The average Bonchev–Trinajstić information content (AvgIpc) is 2.68. The SMILES string of the molecule is Cc1ccc(OCc2nnc(C)n2C)c(C(=O)O)n1. The van der Waals surface area contributed by atoms with E-state index < -0.39 is 5.97 Å². The van der Waals surface area contributed by atoms with Gasteiger partial charge in [0.15, 0.2) is 17.3 Å². The van der Waals surface area contributed by atoms with Gasteiger partial charge >= 0.3 is 5.97 Å². The Labute approximate surface area is 109 Å². The van der Waals surface area contributed by atoms with Crippen LogP contribution < -0.4 is 4.74 Å². The minimum atomic E-state index is -1.12. The highest BCUT2D eigenvalue weighted by Crippen LogP contribution is 2.18. The first-order chi connectivity index (χ1) is 8.99. The largest absolute Gasteiger partial charge is 0.483 e. The zero-order chi connectivity index (χ0) is 14.0. The van der Waals surface area contributed by atoms with Crippen LogP contribution >= 0.6 is 0 Å². The summed E-state index contributed by atoms with van der Waals surface area (Å²) in [5.74, 6) is 0.486. The van der Waals surface area contributed by atoms with Gasteiger partial charge in [0.25, 0.3) is 0 Å². The summed E-state index contributed by atoms with van der Waals surface area (Å²) in [6.07, 6.45) is 0. The Hall–Kier alpha value is -2.44. The van der Waals surface area contributed by atoms with Crippen molar-refractivity contribution in [1.29, 1.82) is 0 Å². The lowest BCUT2D eigenvalue weighted by Crippen LogP contribution is -2.09. The van der Waals surface area contributed by atoms with Crippen LogP contribution in [0.4, 0.5) is 0 Å². The lowest BCUT2D eigenvalue weighted by Gasteiger charge is -2.08. The van der Waals surface area contributed by atoms with Gasteiger partial charge in [-0.15, -0.1) is 10.2 Å². The molecule has 0 aliphatic heterocycles. The quantitative estimate of drug-likeness (QED) is 0.887. The number of pyridine rings is 1. The minimum Gasteiger partial charge on any atom is -0.483 e. The van der Waals surface area contributed by atoms with Crippen LogP contribution in [0, 0.1) is 13.8 Å². The number of hydrogen-bond acceptors (Lipinski definition) is 5. The van der Waals surface area contributed by atoms with Gasteiger partial charge in [0.05, 0.1) is 0 Å². The van der Waals surface area contributed by atoms with Crippen molar-refractivity contribution in [3.8, 4) is 5.75 Å². The first-order valence-electron chi connectivity index (χ1n) is 5.67. The highest BCUT2D eigenvalue weighted by molar-refractivity contribution is 5.88. The van der Waals surface area contributed by atoms with Gasteiger partial charge in [-0.1, -0.05) is 0 Å². The molecule has 0 radical (unpaired) electrons. The van der Waals surface area contributed by atoms with E-state index in [1.165, 1.54) is 0 Å². The van der Waals surface area contributed by atoms with Crippen molar-refractivity contribution >= 4 is 5.97 Å². The number of carbonyl (C=O) groups is 1. The fourth-order valence-corrected chi connectivity index (χ4v) is 1.53. The van der Waals surface area contributed by atoms with Gasteiger partial charge in [-0.05, 0) is 26.0 Å². The Balaban J connectivity index is 2.20. The van der Waals surface area contributed by atoms with Crippen LogP contribution in [0.5, 0.6) is 5.75 Å². The van der Waals surface area contributed by atoms with E-state index in [0.717, 1.165) is 5.82 Å². The van der Waals surface area contributed by atoms with Crippen LogP contribution in [0.1, 0.15) is 27.8 Å². The number of aryl methyl sites for hydroxylation is 2. The Bertz CT molecular complexity index is 621. The molecule has 19 heavy (non-hydrogen) atoms. The molecule has 2 aromatic rings. The van der Waals surface area contributed by atoms with Gasteiger partial charge in [-0.3, -0.25) is 0 Å². The zero-order valence-corrected chi connectivity index (χ0v) is 10.9. The number of carboxylic acid groups (broad SMARTS) is 1. The minimum absolute atomic E-state index is 0.0982. The van der Waals surface area contributed by atoms with E-state index in [4.69, 9.17) is 9.84 Å². The summed E-state index contributed by atoms with van der Waals surface area (Å²) in [5.41, 5.74) is 0.526. The maximum absolute atomic E-state index is 11.1. The summed E-state index contributed by atoms with van der Waals surface area (Å²) in [6.45, 7) is 3.69. The maximum atomic E-state index is 11.1. The fraction of sp³-hybridized carbons (Fsp3) is 0.333. The molecule has 0 fully saturated rings. The summed E-state index contributed by atoms with van der Waals surface area (Å²) < 4.78 is 7.25. The Morgan fingerprint density at radius 2 is 2.11 bits per heavy atom. The summed E-state index contributed by atoms with van der Waals surface area (Å²) in [7, 11) is 1.82.